The van der Waals surface area contributed by atoms with Crippen molar-refractivity contribution < 1.29 is 9.59 Å². The van der Waals surface area contributed by atoms with E-state index in [0.29, 0.717) is 22.5 Å². The molecule has 0 atom stereocenters. The summed E-state index contributed by atoms with van der Waals surface area (Å²) >= 11 is 0. The first kappa shape index (κ1) is 24.1. The lowest BCUT2D eigenvalue weighted by molar-refractivity contribution is 0.0926. The molecule has 4 aromatic carbocycles. The molecule has 0 aliphatic carbocycles. The van der Waals surface area contributed by atoms with Gasteiger partial charge in [-0.2, -0.15) is 0 Å². The first-order valence-corrected chi connectivity index (χ1v) is 12.7. The maximum Gasteiger partial charge on any atom is 0.268 e. The topological polar surface area (TPSA) is 55.2 Å². The van der Waals surface area contributed by atoms with Gasteiger partial charge in [0, 0.05) is 34.3 Å². The first-order valence-electron chi connectivity index (χ1n) is 12.7. The highest BCUT2D eigenvalue weighted by atomic mass is 16.2. The van der Waals surface area contributed by atoms with Crippen LogP contribution in [0.3, 0.4) is 0 Å². The lowest BCUT2D eigenvalue weighted by atomic mass is 10.0. The molecular formula is C34H25N3O2. The minimum atomic E-state index is -0.318. The molecule has 1 aliphatic rings. The molecule has 2 amide bonds. The van der Waals surface area contributed by atoms with Crippen molar-refractivity contribution in [3.05, 3.63) is 139 Å². The predicted octanol–water partition coefficient (Wildman–Crippen LogP) is 7.84. The summed E-state index contributed by atoms with van der Waals surface area (Å²) in [7, 11) is 0. The van der Waals surface area contributed by atoms with Crippen molar-refractivity contribution in [2.75, 3.05) is 4.90 Å². The van der Waals surface area contributed by atoms with Crippen molar-refractivity contribution in [3.8, 4) is 16.8 Å². The molecule has 0 spiro atoms. The Kier molecular flexibility index (Phi) is 6.10. The number of para-hydroxylation sites is 3. The zero-order chi connectivity index (χ0) is 26.9. The first-order chi connectivity index (χ1) is 19.2. The molecule has 1 aliphatic heterocycles. The highest BCUT2D eigenvalue weighted by Gasteiger charge is 2.39. The molecular weight excluding hydrogens is 482 g/mol. The number of fused-ring (bicyclic) bond motifs is 4. The third-order valence-electron chi connectivity index (χ3n) is 6.82. The maximum absolute atomic E-state index is 13.8. The summed E-state index contributed by atoms with van der Waals surface area (Å²) in [6.45, 7) is 5.25. The Morgan fingerprint density at radius 2 is 1.41 bits per heavy atom. The quantitative estimate of drug-likeness (QED) is 0.181. The Morgan fingerprint density at radius 1 is 0.718 bits per heavy atom. The van der Waals surface area contributed by atoms with Crippen LogP contribution in [0.25, 0.3) is 38.6 Å². The second-order valence-electron chi connectivity index (χ2n) is 9.19. The number of carbonyl (C=O) groups is 2. The SMILES string of the molecule is C=CC.O=C1c2cccc(-n3c4ccccc4c4cccc(-c5cccnc5)c43)c2C(=O)N1c1ccccc1. The van der Waals surface area contributed by atoms with Crippen LogP contribution >= 0.6 is 0 Å². The van der Waals surface area contributed by atoms with Gasteiger partial charge in [0.15, 0.2) is 0 Å². The van der Waals surface area contributed by atoms with Crippen molar-refractivity contribution in [3.63, 3.8) is 0 Å². The molecule has 0 fully saturated rings. The van der Waals surface area contributed by atoms with Crippen LogP contribution in [0.4, 0.5) is 5.69 Å². The second kappa shape index (κ2) is 9.88. The number of benzene rings is 4. The molecule has 2 aromatic heterocycles. The van der Waals surface area contributed by atoms with Gasteiger partial charge >= 0.3 is 0 Å². The van der Waals surface area contributed by atoms with Gasteiger partial charge in [0.2, 0.25) is 0 Å². The van der Waals surface area contributed by atoms with Gasteiger partial charge in [-0.3, -0.25) is 14.6 Å². The molecule has 188 valence electrons. The Morgan fingerprint density at radius 3 is 2.18 bits per heavy atom. The van der Waals surface area contributed by atoms with Crippen LogP contribution in [0, 0.1) is 0 Å². The van der Waals surface area contributed by atoms with Crippen LogP contribution in [-0.2, 0) is 0 Å². The van der Waals surface area contributed by atoms with Crippen molar-refractivity contribution in [2.45, 2.75) is 6.92 Å². The van der Waals surface area contributed by atoms with Gasteiger partial charge in [0.05, 0.1) is 33.5 Å². The van der Waals surface area contributed by atoms with Crippen molar-refractivity contribution in [1.29, 1.82) is 0 Å². The standard InChI is InChI=1S/C31H19N3O2.C3H6/c35-30-25-15-7-17-27(28(25)31(36)33(30)21-10-2-1-3-11-21)34-26-16-5-4-12-23(26)24-14-6-13-22(29(24)34)20-9-8-18-32-19-20;1-3-2/h1-19H;3H,1H2,2H3. The zero-order valence-electron chi connectivity index (χ0n) is 21.4. The molecule has 5 nitrogen and oxygen atoms in total. The normalized spacial score (nSPS) is 12.4. The fourth-order valence-electron chi connectivity index (χ4n) is 5.29. The third kappa shape index (κ3) is 3.83. The van der Waals surface area contributed by atoms with Gasteiger partial charge in [0.25, 0.3) is 11.8 Å². The number of hydrogen-bond acceptors (Lipinski definition) is 3. The molecule has 6 aromatic rings. The van der Waals surface area contributed by atoms with Gasteiger partial charge in [-0.15, -0.1) is 6.58 Å². The van der Waals surface area contributed by atoms with Crippen LogP contribution in [0.2, 0.25) is 0 Å². The van der Waals surface area contributed by atoms with Gasteiger partial charge in [-0.1, -0.05) is 72.8 Å². The van der Waals surface area contributed by atoms with Crippen LogP contribution in [0.1, 0.15) is 27.6 Å². The molecule has 3 heterocycles. The Labute approximate surface area is 226 Å². The van der Waals surface area contributed by atoms with E-state index >= 15 is 0 Å². The molecule has 5 heteroatoms. The number of carbonyl (C=O) groups excluding carboxylic acids is 2. The number of anilines is 1. The highest BCUT2D eigenvalue weighted by Crippen LogP contribution is 2.40. The number of nitrogens with zero attached hydrogens (tertiary/aromatic N) is 3. The van der Waals surface area contributed by atoms with Gasteiger partial charge in [0.1, 0.15) is 0 Å². The van der Waals surface area contributed by atoms with Crippen molar-refractivity contribution in [1.82, 2.24) is 9.55 Å². The highest BCUT2D eigenvalue weighted by molar-refractivity contribution is 6.35. The molecule has 7 rings (SSSR count). The maximum atomic E-state index is 13.8. The number of aromatic nitrogens is 2. The van der Waals surface area contributed by atoms with Crippen LogP contribution in [0.5, 0.6) is 0 Å². The molecule has 0 radical (unpaired) electrons. The molecule has 39 heavy (non-hydrogen) atoms. The molecule has 0 bridgehead atoms. The lowest BCUT2D eigenvalue weighted by Gasteiger charge is -2.15. The predicted molar refractivity (Wildman–Crippen MR) is 157 cm³/mol. The average Bonchev–Trinajstić information content (AvgIpc) is 3.46. The van der Waals surface area contributed by atoms with Crippen molar-refractivity contribution in [2.24, 2.45) is 0 Å². The number of hydrogen-bond donors (Lipinski definition) is 0. The molecule has 0 N–H and O–H groups in total. The van der Waals surface area contributed by atoms with E-state index in [-0.39, 0.29) is 11.8 Å². The largest absolute Gasteiger partial charge is 0.308 e. The second-order valence-corrected chi connectivity index (χ2v) is 9.19. The lowest BCUT2D eigenvalue weighted by Crippen LogP contribution is -2.29. The fraction of sp³-hybridized carbons (Fsp3) is 0.0294. The fourth-order valence-corrected chi connectivity index (χ4v) is 5.29. The summed E-state index contributed by atoms with van der Waals surface area (Å²) in [6.07, 6.45) is 5.35. The summed E-state index contributed by atoms with van der Waals surface area (Å²) in [4.78, 5) is 32.9. The third-order valence-corrected chi connectivity index (χ3v) is 6.82. The number of allylic oxidation sites excluding steroid dienone is 1. The van der Waals surface area contributed by atoms with E-state index < -0.39 is 0 Å². The minimum Gasteiger partial charge on any atom is -0.308 e. The van der Waals surface area contributed by atoms with E-state index in [4.69, 9.17) is 0 Å². The summed E-state index contributed by atoms with van der Waals surface area (Å²) in [5.74, 6) is -0.627. The molecule has 0 saturated carbocycles. The van der Waals surface area contributed by atoms with Gasteiger partial charge < -0.3 is 4.57 Å². The van der Waals surface area contributed by atoms with E-state index in [1.807, 2.05) is 73.8 Å². The number of pyridine rings is 1. The van der Waals surface area contributed by atoms with E-state index in [9.17, 15) is 9.59 Å². The van der Waals surface area contributed by atoms with Gasteiger partial charge in [-0.05, 0) is 43.3 Å². The monoisotopic (exact) mass is 507 g/mol. The molecule has 0 unspecified atom stereocenters. The Bertz CT molecular complexity index is 1870. The Hall–Kier alpha value is -5.29. The molecule has 0 saturated heterocycles. The van der Waals surface area contributed by atoms with Crippen LogP contribution in [-0.4, -0.2) is 21.4 Å². The van der Waals surface area contributed by atoms with E-state index in [1.54, 1.807) is 30.5 Å². The summed E-state index contributed by atoms with van der Waals surface area (Å²) in [5.41, 5.74) is 5.99. The average molecular weight is 508 g/mol. The van der Waals surface area contributed by atoms with Gasteiger partial charge in [-0.25, -0.2) is 4.90 Å². The van der Waals surface area contributed by atoms with E-state index in [2.05, 4.69) is 40.4 Å². The van der Waals surface area contributed by atoms with Crippen LogP contribution in [0.15, 0.2) is 128 Å². The Balaban J connectivity index is 0.000000883. The van der Waals surface area contributed by atoms with Crippen LogP contribution < -0.4 is 4.90 Å². The number of amides is 2. The number of imide groups is 1. The van der Waals surface area contributed by atoms with Crippen molar-refractivity contribution >= 4 is 39.3 Å². The smallest absolute Gasteiger partial charge is 0.268 e. The van der Waals surface area contributed by atoms with E-state index in [0.717, 1.165) is 32.9 Å². The summed E-state index contributed by atoms with van der Waals surface area (Å²) < 4.78 is 2.12. The summed E-state index contributed by atoms with van der Waals surface area (Å²) in [5, 5.41) is 2.15. The van der Waals surface area contributed by atoms with E-state index in [1.165, 1.54) is 4.90 Å². The number of rotatable bonds is 3. The summed E-state index contributed by atoms with van der Waals surface area (Å²) in [6, 6.07) is 32.9. The zero-order valence-corrected chi connectivity index (χ0v) is 21.4. The minimum absolute atomic E-state index is 0.309.